The van der Waals surface area contributed by atoms with Crippen LogP contribution in [0.15, 0.2) is 24.3 Å². The number of benzene rings is 1. The van der Waals surface area contributed by atoms with Crippen LogP contribution in [0.5, 0.6) is 0 Å². The molecule has 5 heteroatoms. The number of rotatable bonds is 6. The Labute approximate surface area is 125 Å². The second-order valence-electron chi connectivity index (χ2n) is 5.21. The SMILES string of the molecule is CCOC(=O)c1cccc(NC(=O)CNC2CCCC2)c1. The number of carbonyl (C=O) groups is 2. The smallest absolute Gasteiger partial charge is 0.338 e. The molecule has 0 saturated heterocycles. The monoisotopic (exact) mass is 290 g/mol. The molecule has 1 saturated carbocycles. The van der Waals surface area contributed by atoms with Gasteiger partial charge in [-0.15, -0.1) is 0 Å². The molecule has 1 aliphatic rings. The van der Waals surface area contributed by atoms with Crippen molar-refractivity contribution in [3.63, 3.8) is 0 Å². The summed E-state index contributed by atoms with van der Waals surface area (Å²) >= 11 is 0. The lowest BCUT2D eigenvalue weighted by Crippen LogP contribution is -2.34. The Morgan fingerprint density at radius 2 is 2.05 bits per heavy atom. The lowest BCUT2D eigenvalue weighted by Gasteiger charge is -2.12. The maximum Gasteiger partial charge on any atom is 0.338 e. The lowest BCUT2D eigenvalue weighted by atomic mass is 10.2. The van der Waals surface area contributed by atoms with Crippen LogP contribution in [0.25, 0.3) is 0 Å². The third-order valence-electron chi connectivity index (χ3n) is 3.56. The molecule has 2 N–H and O–H groups in total. The minimum Gasteiger partial charge on any atom is -0.462 e. The van der Waals surface area contributed by atoms with E-state index in [2.05, 4.69) is 10.6 Å². The van der Waals surface area contributed by atoms with Crippen molar-refractivity contribution in [1.29, 1.82) is 0 Å². The van der Waals surface area contributed by atoms with Crippen LogP contribution >= 0.6 is 0 Å². The van der Waals surface area contributed by atoms with Gasteiger partial charge in [-0.1, -0.05) is 18.9 Å². The number of hydrogen-bond donors (Lipinski definition) is 2. The first kappa shape index (κ1) is 15.5. The van der Waals surface area contributed by atoms with Gasteiger partial charge >= 0.3 is 5.97 Å². The van der Waals surface area contributed by atoms with E-state index < -0.39 is 0 Å². The molecular weight excluding hydrogens is 268 g/mol. The summed E-state index contributed by atoms with van der Waals surface area (Å²) in [5, 5.41) is 6.05. The molecule has 0 atom stereocenters. The number of esters is 1. The number of nitrogens with one attached hydrogen (secondary N) is 2. The van der Waals surface area contributed by atoms with Crippen LogP contribution in [0.4, 0.5) is 5.69 Å². The Bertz CT molecular complexity index is 496. The lowest BCUT2D eigenvalue weighted by molar-refractivity contribution is -0.115. The zero-order valence-corrected chi connectivity index (χ0v) is 12.4. The van der Waals surface area contributed by atoms with Gasteiger partial charge < -0.3 is 15.4 Å². The van der Waals surface area contributed by atoms with Crippen molar-refractivity contribution < 1.29 is 14.3 Å². The van der Waals surface area contributed by atoms with Gasteiger partial charge in [-0.25, -0.2) is 4.79 Å². The zero-order valence-electron chi connectivity index (χ0n) is 12.4. The molecule has 2 rings (SSSR count). The van der Waals surface area contributed by atoms with Crippen molar-refractivity contribution in [2.24, 2.45) is 0 Å². The number of hydrogen-bond acceptors (Lipinski definition) is 4. The standard InChI is InChI=1S/C16H22N2O3/c1-2-21-16(20)12-6-5-9-14(10-12)18-15(19)11-17-13-7-3-4-8-13/h5-6,9-10,13,17H,2-4,7-8,11H2,1H3,(H,18,19). The highest BCUT2D eigenvalue weighted by atomic mass is 16.5. The van der Waals surface area contributed by atoms with Gasteiger partial charge in [0.2, 0.25) is 5.91 Å². The summed E-state index contributed by atoms with van der Waals surface area (Å²) < 4.78 is 4.94. The first-order chi connectivity index (χ1) is 10.2. The maximum absolute atomic E-state index is 11.9. The third kappa shape index (κ3) is 4.86. The first-order valence-electron chi connectivity index (χ1n) is 7.49. The van der Waals surface area contributed by atoms with Crippen LogP contribution in [0.2, 0.25) is 0 Å². The Kier molecular flexibility index (Phi) is 5.75. The highest BCUT2D eigenvalue weighted by Crippen LogP contribution is 2.17. The Hall–Kier alpha value is -1.88. The minimum absolute atomic E-state index is 0.0945. The van der Waals surface area contributed by atoms with Gasteiger partial charge in [0.05, 0.1) is 18.7 Å². The van der Waals surface area contributed by atoms with E-state index in [0.29, 0.717) is 30.4 Å². The number of carbonyl (C=O) groups excluding carboxylic acids is 2. The second kappa shape index (κ2) is 7.78. The predicted molar refractivity (Wildman–Crippen MR) is 81.3 cm³/mol. The summed E-state index contributed by atoms with van der Waals surface area (Å²) in [7, 11) is 0. The molecule has 1 aromatic carbocycles. The van der Waals surface area contributed by atoms with Crippen molar-refractivity contribution in [2.45, 2.75) is 38.6 Å². The van der Waals surface area contributed by atoms with E-state index in [1.807, 2.05) is 0 Å². The van der Waals surface area contributed by atoms with E-state index in [9.17, 15) is 9.59 Å². The fourth-order valence-corrected chi connectivity index (χ4v) is 2.51. The summed E-state index contributed by atoms with van der Waals surface area (Å²) in [6.45, 7) is 2.40. The van der Waals surface area contributed by atoms with Gasteiger partial charge in [0.25, 0.3) is 0 Å². The molecule has 0 heterocycles. The van der Waals surface area contributed by atoms with Crippen LogP contribution < -0.4 is 10.6 Å². The molecule has 0 radical (unpaired) electrons. The quantitative estimate of drug-likeness (QED) is 0.789. The Balaban J connectivity index is 1.85. The average molecular weight is 290 g/mol. The first-order valence-corrected chi connectivity index (χ1v) is 7.49. The Morgan fingerprint density at radius 1 is 1.29 bits per heavy atom. The van der Waals surface area contributed by atoms with Crippen molar-refractivity contribution in [2.75, 3.05) is 18.5 Å². The van der Waals surface area contributed by atoms with Crippen molar-refractivity contribution >= 4 is 17.6 Å². The van der Waals surface area contributed by atoms with Crippen LogP contribution in [-0.2, 0) is 9.53 Å². The number of anilines is 1. The average Bonchev–Trinajstić information content (AvgIpc) is 2.99. The molecule has 0 aliphatic heterocycles. The molecule has 1 aliphatic carbocycles. The van der Waals surface area contributed by atoms with Gasteiger partial charge in [0.1, 0.15) is 0 Å². The predicted octanol–water partition coefficient (Wildman–Crippen LogP) is 2.33. The third-order valence-corrected chi connectivity index (χ3v) is 3.56. The van der Waals surface area contributed by atoms with Gasteiger partial charge in [0, 0.05) is 11.7 Å². The fraction of sp³-hybridized carbons (Fsp3) is 0.500. The van der Waals surface area contributed by atoms with Crippen LogP contribution in [0.3, 0.4) is 0 Å². The Morgan fingerprint density at radius 3 is 2.76 bits per heavy atom. The fourth-order valence-electron chi connectivity index (χ4n) is 2.51. The van der Waals surface area contributed by atoms with Crippen LogP contribution in [0, 0.1) is 0 Å². The summed E-state index contributed by atoms with van der Waals surface area (Å²) in [6, 6.07) is 7.25. The molecule has 5 nitrogen and oxygen atoms in total. The van der Waals surface area contributed by atoms with E-state index in [1.165, 1.54) is 12.8 Å². The van der Waals surface area contributed by atoms with Crippen LogP contribution in [-0.4, -0.2) is 31.1 Å². The zero-order chi connectivity index (χ0) is 15.1. The molecular formula is C16H22N2O3. The second-order valence-corrected chi connectivity index (χ2v) is 5.21. The number of amides is 1. The van der Waals surface area contributed by atoms with Gasteiger partial charge in [-0.3, -0.25) is 4.79 Å². The van der Waals surface area contributed by atoms with Gasteiger partial charge in [-0.2, -0.15) is 0 Å². The van der Waals surface area contributed by atoms with Crippen molar-refractivity contribution in [1.82, 2.24) is 5.32 Å². The largest absolute Gasteiger partial charge is 0.462 e. The van der Waals surface area contributed by atoms with E-state index in [-0.39, 0.29) is 11.9 Å². The maximum atomic E-state index is 11.9. The molecule has 1 amide bonds. The van der Waals surface area contributed by atoms with Gasteiger partial charge in [-0.05, 0) is 38.0 Å². The molecule has 1 fully saturated rings. The highest BCUT2D eigenvalue weighted by molar-refractivity contribution is 5.95. The summed E-state index contributed by atoms with van der Waals surface area (Å²) in [5.74, 6) is -0.472. The molecule has 21 heavy (non-hydrogen) atoms. The van der Waals surface area contributed by atoms with E-state index in [0.717, 1.165) is 12.8 Å². The van der Waals surface area contributed by atoms with E-state index in [4.69, 9.17) is 4.74 Å². The van der Waals surface area contributed by atoms with Crippen molar-refractivity contribution in [3.05, 3.63) is 29.8 Å². The van der Waals surface area contributed by atoms with Crippen LogP contribution in [0.1, 0.15) is 43.0 Å². The van der Waals surface area contributed by atoms with E-state index >= 15 is 0 Å². The van der Waals surface area contributed by atoms with Gasteiger partial charge in [0.15, 0.2) is 0 Å². The molecule has 1 aromatic rings. The summed E-state index contributed by atoms with van der Waals surface area (Å²) in [6.07, 6.45) is 4.76. The molecule has 0 aromatic heterocycles. The van der Waals surface area contributed by atoms with E-state index in [1.54, 1.807) is 31.2 Å². The topological polar surface area (TPSA) is 67.4 Å². The molecule has 114 valence electrons. The summed E-state index contributed by atoms with van der Waals surface area (Å²) in [5.41, 5.74) is 1.05. The highest BCUT2D eigenvalue weighted by Gasteiger charge is 2.15. The molecule has 0 bridgehead atoms. The van der Waals surface area contributed by atoms with Crippen molar-refractivity contribution in [3.8, 4) is 0 Å². The number of ether oxygens (including phenoxy) is 1. The molecule has 0 unspecified atom stereocenters. The molecule has 0 spiro atoms. The minimum atomic E-state index is -0.377. The normalized spacial score (nSPS) is 14.9. The summed E-state index contributed by atoms with van der Waals surface area (Å²) in [4.78, 5) is 23.5.